The number of hydrogen-bond acceptors (Lipinski definition) is 3. The zero-order chi connectivity index (χ0) is 19.8. The van der Waals surface area contributed by atoms with Gasteiger partial charge in [-0.15, -0.1) is 0 Å². The van der Waals surface area contributed by atoms with E-state index in [1.807, 2.05) is 48.7 Å². The first-order valence-electron chi connectivity index (χ1n) is 9.17. The standard InChI is InChI=1S/C22H19ClN2O3/c1-3-24(15-9-7-8-14(23)12-15)21(26)18-13-17-20(25(18)4-2)16-10-5-6-11-19(16)28-22(17)27/h5-13H,3-4H2,1-2H3. The molecule has 28 heavy (non-hydrogen) atoms. The number of carbonyl (C=O) groups is 1. The van der Waals surface area contributed by atoms with Gasteiger partial charge in [-0.1, -0.05) is 29.8 Å². The number of para-hydroxylation sites is 1. The molecule has 142 valence electrons. The van der Waals surface area contributed by atoms with Crippen LogP contribution in [0.1, 0.15) is 24.3 Å². The molecule has 4 aromatic rings. The molecule has 2 heterocycles. The van der Waals surface area contributed by atoms with E-state index in [1.165, 1.54) is 0 Å². The van der Waals surface area contributed by atoms with Gasteiger partial charge in [-0.2, -0.15) is 0 Å². The van der Waals surface area contributed by atoms with Gasteiger partial charge in [0.15, 0.2) is 0 Å². The van der Waals surface area contributed by atoms with Crippen LogP contribution in [0, 0.1) is 0 Å². The Balaban J connectivity index is 1.95. The number of amides is 1. The number of anilines is 1. The number of halogens is 1. The molecule has 6 heteroatoms. The molecule has 1 amide bonds. The Hall–Kier alpha value is -3.05. The SMILES string of the molecule is CCN(C(=O)c1cc2c(=O)oc3ccccc3c2n1CC)c1cccc(Cl)c1. The number of carbonyl (C=O) groups excluding carboxylic acids is 1. The van der Waals surface area contributed by atoms with E-state index in [9.17, 15) is 9.59 Å². The van der Waals surface area contributed by atoms with Crippen LogP contribution in [0.2, 0.25) is 5.02 Å². The van der Waals surface area contributed by atoms with Crippen molar-refractivity contribution in [2.24, 2.45) is 0 Å². The second kappa shape index (κ2) is 7.17. The highest BCUT2D eigenvalue weighted by Crippen LogP contribution is 2.28. The molecule has 2 aromatic heterocycles. The maximum absolute atomic E-state index is 13.4. The Morgan fingerprint density at radius 1 is 1.07 bits per heavy atom. The van der Waals surface area contributed by atoms with Crippen molar-refractivity contribution in [3.8, 4) is 0 Å². The van der Waals surface area contributed by atoms with Crippen LogP contribution in [0.25, 0.3) is 21.9 Å². The van der Waals surface area contributed by atoms with Gasteiger partial charge < -0.3 is 13.9 Å². The Kier molecular flexibility index (Phi) is 4.69. The molecule has 0 unspecified atom stereocenters. The van der Waals surface area contributed by atoms with Gasteiger partial charge in [-0.05, 0) is 50.2 Å². The van der Waals surface area contributed by atoms with Crippen LogP contribution >= 0.6 is 11.6 Å². The maximum Gasteiger partial charge on any atom is 0.345 e. The Morgan fingerprint density at radius 3 is 2.57 bits per heavy atom. The molecule has 2 aromatic carbocycles. The Labute approximate surface area is 166 Å². The predicted octanol–water partition coefficient (Wildman–Crippen LogP) is 5.09. The number of nitrogens with zero attached hydrogens (tertiary/aromatic N) is 2. The first-order chi connectivity index (χ1) is 13.5. The zero-order valence-corrected chi connectivity index (χ0v) is 16.4. The number of fused-ring (bicyclic) bond motifs is 3. The second-order valence-corrected chi connectivity index (χ2v) is 6.89. The molecule has 0 aliphatic rings. The highest BCUT2D eigenvalue weighted by atomic mass is 35.5. The summed E-state index contributed by atoms with van der Waals surface area (Å²) >= 11 is 6.11. The van der Waals surface area contributed by atoms with Crippen molar-refractivity contribution < 1.29 is 9.21 Å². The van der Waals surface area contributed by atoms with Gasteiger partial charge in [0.25, 0.3) is 5.91 Å². The molecule has 0 N–H and O–H groups in total. The second-order valence-electron chi connectivity index (χ2n) is 6.45. The fourth-order valence-electron chi connectivity index (χ4n) is 3.63. The van der Waals surface area contributed by atoms with E-state index in [4.69, 9.17) is 16.0 Å². The van der Waals surface area contributed by atoms with Gasteiger partial charge in [-0.25, -0.2) is 4.79 Å². The molecule has 0 saturated carbocycles. The van der Waals surface area contributed by atoms with E-state index >= 15 is 0 Å². The summed E-state index contributed by atoms with van der Waals surface area (Å²) < 4.78 is 7.32. The molecule has 5 nitrogen and oxygen atoms in total. The molecule has 0 saturated heterocycles. The third-order valence-electron chi connectivity index (χ3n) is 4.88. The molecule has 0 bridgehead atoms. The van der Waals surface area contributed by atoms with E-state index < -0.39 is 5.63 Å². The summed E-state index contributed by atoms with van der Waals surface area (Å²) in [4.78, 5) is 27.6. The van der Waals surface area contributed by atoms with E-state index in [0.29, 0.717) is 40.5 Å². The molecule has 0 fully saturated rings. The van der Waals surface area contributed by atoms with Crippen LogP contribution < -0.4 is 10.5 Å². The first-order valence-corrected chi connectivity index (χ1v) is 9.55. The van der Waals surface area contributed by atoms with Gasteiger partial charge in [0, 0.05) is 29.2 Å². The maximum atomic E-state index is 13.4. The molecule has 0 atom stereocenters. The summed E-state index contributed by atoms with van der Waals surface area (Å²) in [5, 5.41) is 1.78. The van der Waals surface area contributed by atoms with E-state index in [-0.39, 0.29) is 5.91 Å². The third kappa shape index (κ3) is 2.88. The lowest BCUT2D eigenvalue weighted by molar-refractivity contribution is 0.0980. The van der Waals surface area contributed by atoms with Crippen LogP contribution in [0.4, 0.5) is 5.69 Å². The average molecular weight is 395 g/mol. The van der Waals surface area contributed by atoms with Crippen LogP contribution in [-0.2, 0) is 6.54 Å². The normalized spacial score (nSPS) is 11.2. The van der Waals surface area contributed by atoms with Crippen LogP contribution in [0.15, 0.2) is 63.8 Å². The first kappa shape index (κ1) is 18.3. The lowest BCUT2D eigenvalue weighted by Gasteiger charge is -2.22. The molecule has 4 rings (SSSR count). The summed E-state index contributed by atoms with van der Waals surface area (Å²) in [5.74, 6) is -0.189. The summed E-state index contributed by atoms with van der Waals surface area (Å²) in [6, 6.07) is 16.2. The summed E-state index contributed by atoms with van der Waals surface area (Å²) in [7, 11) is 0. The fraction of sp³-hybridized carbons (Fsp3) is 0.182. The quantitative estimate of drug-likeness (QED) is 0.453. The average Bonchev–Trinajstić information content (AvgIpc) is 3.09. The number of aromatic nitrogens is 1. The minimum absolute atomic E-state index is 0.189. The van der Waals surface area contributed by atoms with Gasteiger partial charge in [-0.3, -0.25) is 4.79 Å². The molecule has 0 radical (unpaired) electrons. The van der Waals surface area contributed by atoms with E-state index in [2.05, 4.69) is 0 Å². The predicted molar refractivity (Wildman–Crippen MR) is 112 cm³/mol. The monoisotopic (exact) mass is 394 g/mol. The smallest absolute Gasteiger partial charge is 0.345 e. The molecule has 0 aliphatic carbocycles. The van der Waals surface area contributed by atoms with Gasteiger partial charge in [0.1, 0.15) is 11.3 Å². The van der Waals surface area contributed by atoms with Crippen molar-refractivity contribution in [3.05, 3.63) is 75.7 Å². The molecule has 0 aliphatic heterocycles. The number of benzene rings is 2. The molecular formula is C22H19ClN2O3. The Bertz CT molecular complexity index is 1260. The molecular weight excluding hydrogens is 376 g/mol. The minimum atomic E-state index is -0.444. The van der Waals surface area contributed by atoms with Gasteiger partial charge in [0.05, 0.1) is 10.9 Å². The van der Waals surface area contributed by atoms with Crippen molar-refractivity contribution in [2.45, 2.75) is 20.4 Å². The Morgan fingerprint density at radius 2 is 1.86 bits per heavy atom. The highest BCUT2D eigenvalue weighted by Gasteiger charge is 2.24. The van der Waals surface area contributed by atoms with Crippen molar-refractivity contribution in [1.82, 2.24) is 4.57 Å². The lowest BCUT2D eigenvalue weighted by atomic mass is 10.2. The number of hydrogen-bond donors (Lipinski definition) is 0. The number of rotatable bonds is 4. The lowest BCUT2D eigenvalue weighted by Crippen LogP contribution is -2.32. The third-order valence-corrected chi connectivity index (χ3v) is 5.11. The van der Waals surface area contributed by atoms with Crippen LogP contribution in [-0.4, -0.2) is 17.0 Å². The van der Waals surface area contributed by atoms with Crippen LogP contribution in [0.3, 0.4) is 0 Å². The van der Waals surface area contributed by atoms with E-state index in [1.54, 1.807) is 29.2 Å². The summed E-state index contributed by atoms with van der Waals surface area (Å²) in [5.41, 5.74) is 1.95. The minimum Gasteiger partial charge on any atom is -0.422 e. The molecule has 0 spiro atoms. The van der Waals surface area contributed by atoms with Gasteiger partial charge >= 0.3 is 5.63 Å². The highest BCUT2D eigenvalue weighted by molar-refractivity contribution is 6.31. The fourth-order valence-corrected chi connectivity index (χ4v) is 3.82. The topological polar surface area (TPSA) is 55.5 Å². The summed E-state index contributed by atoms with van der Waals surface area (Å²) in [6.45, 7) is 4.88. The largest absolute Gasteiger partial charge is 0.422 e. The zero-order valence-electron chi connectivity index (χ0n) is 15.6. The van der Waals surface area contributed by atoms with Crippen molar-refractivity contribution >= 4 is 45.1 Å². The van der Waals surface area contributed by atoms with E-state index in [0.717, 1.165) is 10.9 Å². The van der Waals surface area contributed by atoms with Crippen LogP contribution in [0.5, 0.6) is 0 Å². The van der Waals surface area contributed by atoms with Crippen molar-refractivity contribution in [3.63, 3.8) is 0 Å². The van der Waals surface area contributed by atoms with Crippen molar-refractivity contribution in [2.75, 3.05) is 11.4 Å². The summed E-state index contributed by atoms with van der Waals surface area (Å²) in [6.07, 6.45) is 0. The van der Waals surface area contributed by atoms with Crippen molar-refractivity contribution in [1.29, 1.82) is 0 Å². The van der Waals surface area contributed by atoms with Gasteiger partial charge in [0.2, 0.25) is 0 Å². The number of aryl methyl sites for hydroxylation is 1.